The molecule has 0 saturated carbocycles. The van der Waals surface area contributed by atoms with E-state index in [4.69, 9.17) is 21.1 Å². The maximum absolute atomic E-state index is 12.5. The van der Waals surface area contributed by atoms with Crippen LogP contribution in [0.25, 0.3) is 0 Å². The number of carbonyl (C=O) groups is 3. The molecule has 0 atom stereocenters. The highest BCUT2D eigenvalue weighted by molar-refractivity contribution is 6.32. The Bertz CT molecular complexity index is 1250. The lowest BCUT2D eigenvalue weighted by Crippen LogP contribution is -2.21. The van der Waals surface area contributed by atoms with Gasteiger partial charge in [0.05, 0.1) is 23.3 Å². The first-order valence-corrected chi connectivity index (χ1v) is 10.1. The summed E-state index contributed by atoms with van der Waals surface area (Å²) in [5.74, 6) is -1.41. The van der Waals surface area contributed by atoms with Gasteiger partial charge in [0.2, 0.25) is 0 Å². The predicted octanol–water partition coefficient (Wildman–Crippen LogP) is 4.30. The van der Waals surface area contributed by atoms with Gasteiger partial charge in [-0.2, -0.15) is 0 Å². The number of nitro benzene ring substituents is 1. The zero-order valence-electron chi connectivity index (χ0n) is 17.7. The van der Waals surface area contributed by atoms with Crippen molar-refractivity contribution in [2.45, 2.75) is 0 Å². The highest BCUT2D eigenvalue weighted by atomic mass is 35.5. The minimum absolute atomic E-state index is 0.116. The lowest BCUT2D eigenvalue weighted by Gasteiger charge is -2.10. The van der Waals surface area contributed by atoms with E-state index in [1.54, 1.807) is 24.3 Å². The predicted molar refractivity (Wildman–Crippen MR) is 124 cm³/mol. The molecule has 0 aliphatic rings. The molecule has 34 heavy (non-hydrogen) atoms. The van der Waals surface area contributed by atoms with Gasteiger partial charge in [0, 0.05) is 17.3 Å². The van der Waals surface area contributed by atoms with Crippen molar-refractivity contribution in [3.8, 4) is 5.75 Å². The van der Waals surface area contributed by atoms with Crippen LogP contribution in [0.5, 0.6) is 5.75 Å². The molecule has 0 aliphatic heterocycles. The minimum Gasteiger partial charge on any atom is -0.495 e. The molecule has 0 unspecified atom stereocenters. The van der Waals surface area contributed by atoms with Gasteiger partial charge in [-0.3, -0.25) is 19.7 Å². The third-order valence-corrected chi connectivity index (χ3v) is 4.82. The summed E-state index contributed by atoms with van der Waals surface area (Å²) in [5.41, 5.74) is 0.668. The molecule has 2 amide bonds. The SMILES string of the molecule is COc1ccccc1NC(=O)c1ccc(NC(=O)COC(=O)c2ccc(Cl)c([N+](=O)[O-])c2)cc1. The fourth-order valence-electron chi connectivity index (χ4n) is 2.84. The van der Waals surface area contributed by atoms with E-state index in [-0.39, 0.29) is 16.5 Å². The summed E-state index contributed by atoms with van der Waals surface area (Å²) in [6.45, 7) is -0.620. The van der Waals surface area contributed by atoms with Gasteiger partial charge in [0.15, 0.2) is 6.61 Å². The highest BCUT2D eigenvalue weighted by Gasteiger charge is 2.18. The molecule has 3 aromatic carbocycles. The van der Waals surface area contributed by atoms with E-state index in [0.717, 1.165) is 6.07 Å². The molecule has 0 radical (unpaired) electrons. The normalized spacial score (nSPS) is 10.2. The Morgan fingerprint density at radius 2 is 1.65 bits per heavy atom. The molecule has 3 rings (SSSR count). The monoisotopic (exact) mass is 483 g/mol. The third-order valence-electron chi connectivity index (χ3n) is 4.50. The number of nitro groups is 1. The number of methoxy groups -OCH3 is 1. The standard InChI is InChI=1S/C23H18ClN3O7/c1-33-20-5-3-2-4-18(20)26-22(29)14-6-9-16(10-7-14)25-21(28)13-34-23(30)15-8-11-17(24)19(12-15)27(31)32/h2-12H,13H2,1H3,(H,25,28)(H,26,29). The van der Waals surface area contributed by atoms with Crippen molar-refractivity contribution in [2.24, 2.45) is 0 Å². The first-order valence-electron chi connectivity index (χ1n) is 9.74. The van der Waals surface area contributed by atoms with E-state index in [0.29, 0.717) is 22.7 Å². The number of esters is 1. The van der Waals surface area contributed by atoms with Crippen molar-refractivity contribution in [1.82, 2.24) is 0 Å². The van der Waals surface area contributed by atoms with Gasteiger partial charge in [0.25, 0.3) is 17.5 Å². The lowest BCUT2D eigenvalue weighted by molar-refractivity contribution is -0.384. The number of hydrogen-bond acceptors (Lipinski definition) is 7. The van der Waals surface area contributed by atoms with E-state index in [9.17, 15) is 24.5 Å². The number of nitrogens with zero attached hydrogens (tertiary/aromatic N) is 1. The summed E-state index contributed by atoms with van der Waals surface area (Å²) in [6.07, 6.45) is 0. The number of anilines is 2. The zero-order chi connectivity index (χ0) is 24.7. The summed E-state index contributed by atoms with van der Waals surface area (Å²) in [7, 11) is 1.50. The first-order chi connectivity index (χ1) is 16.3. The number of hydrogen-bond donors (Lipinski definition) is 2. The molecule has 174 valence electrons. The van der Waals surface area contributed by atoms with E-state index in [2.05, 4.69) is 10.6 Å². The number of carbonyl (C=O) groups excluding carboxylic acids is 3. The van der Waals surface area contributed by atoms with Crippen molar-refractivity contribution in [1.29, 1.82) is 0 Å². The number of nitrogens with one attached hydrogen (secondary N) is 2. The molecule has 0 saturated heterocycles. The number of para-hydroxylation sites is 2. The van der Waals surface area contributed by atoms with Crippen molar-refractivity contribution in [3.63, 3.8) is 0 Å². The number of benzene rings is 3. The second kappa shape index (κ2) is 10.9. The average molecular weight is 484 g/mol. The quantitative estimate of drug-likeness (QED) is 0.277. The molecular weight excluding hydrogens is 466 g/mol. The van der Waals surface area contributed by atoms with Crippen LogP contribution in [-0.4, -0.2) is 36.4 Å². The van der Waals surface area contributed by atoms with Crippen LogP contribution < -0.4 is 15.4 Å². The van der Waals surface area contributed by atoms with Gasteiger partial charge in [-0.25, -0.2) is 4.79 Å². The van der Waals surface area contributed by atoms with Crippen LogP contribution in [-0.2, 0) is 9.53 Å². The smallest absolute Gasteiger partial charge is 0.338 e. The molecule has 0 fully saturated rings. The van der Waals surface area contributed by atoms with Crippen LogP contribution in [0.1, 0.15) is 20.7 Å². The number of amides is 2. The third kappa shape index (κ3) is 6.08. The number of halogens is 1. The lowest BCUT2D eigenvalue weighted by atomic mass is 10.2. The fourth-order valence-corrected chi connectivity index (χ4v) is 3.02. The van der Waals surface area contributed by atoms with E-state index in [1.165, 1.54) is 43.5 Å². The Labute approximate surface area is 198 Å². The summed E-state index contributed by atoms with van der Waals surface area (Å²) >= 11 is 5.71. The summed E-state index contributed by atoms with van der Waals surface area (Å²) in [4.78, 5) is 46.8. The maximum Gasteiger partial charge on any atom is 0.338 e. The Morgan fingerprint density at radius 1 is 0.971 bits per heavy atom. The molecule has 0 bridgehead atoms. The Hall–Kier alpha value is -4.44. The number of ether oxygens (including phenoxy) is 2. The van der Waals surface area contributed by atoms with Crippen LogP contribution in [0.15, 0.2) is 66.7 Å². The molecule has 11 heteroatoms. The van der Waals surface area contributed by atoms with Gasteiger partial charge in [-0.15, -0.1) is 0 Å². The van der Waals surface area contributed by atoms with Crippen molar-refractivity contribution < 1.29 is 28.8 Å². The first kappa shape index (κ1) is 24.2. The summed E-state index contributed by atoms with van der Waals surface area (Å²) in [6, 6.07) is 16.4. The van der Waals surface area contributed by atoms with Gasteiger partial charge >= 0.3 is 5.97 Å². The second-order valence-electron chi connectivity index (χ2n) is 6.78. The van der Waals surface area contributed by atoms with E-state index < -0.39 is 29.1 Å². The average Bonchev–Trinajstić information content (AvgIpc) is 2.83. The van der Waals surface area contributed by atoms with Gasteiger partial charge in [-0.1, -0.05) is 23.7 Å². The second-order valence-corrected chi connectivity index (χ2v) is 7.19. The maximum atomic E-state index is 12.5. The highest BCUT2D eigenvalue weighted by Crippen LogP contribution is 2.26. The van der Waals surface area contributed by atoms with Gasteiger partial charge < -0.3 is 20.1 Å². The molecular formula is C23H18ClN3O7. The van der Waals surface area contributed by atoms with E-state index in [1.807, 2.05) is 0 Å². The van der Waals surface area contributed by atoms with E-state index >= 15 is 0 Å². The van der Waals surface area contributed by atoms with Crippen LogP contribution >= 0.6 is 11.6 Å². The van der Waals surface area contributed by atoms with Crippen LogP contribution in [0.4, 0.5) is 17.1 Å². The van der Waals surface area contributed by atoms with Crippen molar-refractivity contribution in [2.75, 3.05) is 24.4 Å². The van der Waals surface area contributed by atoms with Crippen molar-refractivity contribution >= 4 is 46.4 Å². The molecule has 2 N–H and O–H groups in total. The van der Waals surface area contributed by atoms with Crippen molar-refractivity contribution in [3.05, 3.63) is 93.0 Å². The zero-order valence-corrected chi connectivity index (χ0v) is 18.5. The Morgan fingerprint density at radius 3 is 2.32 bits per heavy atom. The molecule has 0 aliphatic carbocycles. The topological polar surface area (TPSA) is 137 Å². The summed E-state index contributed by atoms with van der Waals surface area (Å²) < 4.78 is 10.1. The Balaban J connectivity index is 1.54. The molecule has 0 spiro atoms. The molecule has 0 heterocycles. The molecule has 3 aromatic rings. The van der Waals surface area contributed by atoms with Crippen LogP contribution in [0.3, 0.4) is 0 Å². The van der Waals surface area contributed by atoms with Gasteiger partial charge in [-0.05, 0) is 48.5 Å². The minimum atomic E-state index is -0.918. The molecule has 10 nitrogen and oxygen atoms in total. The fraction of sp³-hybridized carbons (Fsp3) is 0.0870. The van der Waals surface area contributed by atoms with Gasteiger partial charge in [0.1, 0.15) is 10.8 Å². The molecule has 0 aromatic heterocycles. The largest absolute Gasteiger partial charge is 0.495 e. The Kier molecular flexibility index (Phi) is 7.78. The number of rotatable bonds is 8. The van der Waals surface area contributed by atoms with Crippen LogP contribution in [0, 0.1) is 10.1 Å². The summed E-state index contributed by atoms with van der Waals surface area (Å²) in [5, 5.41) is 16.1. The van der Waals surface area contributed by atoms with Crippen LogP contribution in [0.2, 0.25) is 5.02 Å².